The van der Waals surface area contributed by atoms with Gasteiger partial charge in [0, 0.05) is 0 Å². The lowest BCUT2D eigenvalue weighted by atomic mass is 9.72. The van der Waals surface area contributed by atoms with Crippen LogP contribution >= 0.6 is 0 Å². The molecule has 1 heterocycles. The highest BCUT2D eigenvalue weighted by molar-refractivity contribution is 6.45. The summed E-state index contributed by atoms with van der Waals surface area (Å²) in [5.74, 6) is -1.97. The van der Waals surface area contributed by atoms with Gasteiger partial charge in [0.05, 0.1) is 18.5 Å². The van der Waals surface area contributed by atoms with Gasteiger partial charge >= 0.3 is 13.1 Å². The van der Waals surface area contributed by atoms with Crippen molar-refractivity contribution in [1.29, 1.82) is 0 Å². The second-order valence-corrected chi connectivity index (χ2v) is 5.35. The van der Waals surface area contributed by atoms with Gasteiger partial charge < -0.3 is 25.8 Å². The molecule has 0 radical (unpaired) electrons. The number of carboxylic acids is 1. The summed E-state index contributed by atoms with van der Waals surface area (Å²) in [4.78, 5) is 22.7. The first-order valence-corrected chi connectivity index (χ1v) is 7.26. The van der Waals surface area contributed by atoms with Crippen molar-refractivity contribution in [2.45, 2.75) is 51.2 Å². The first kappa shape index (κ1) is 18.4. The van der Waals surface area contributed by atoms with Gasteiger partial charge in [-0.2, -0.15) is 0 Å². The summed E-state index contributed by atoms with van der Waals surface area (Å²) in [6.45, 7) is 3.61. The highest BCUT2D eigenvalue weighted by Crippen LogP contribution is 2.18. The van der Waals surface area contributed by atoms with E-state index in [1.54, 1.807) is 19.1 Å². The number of carbonyl (C=O) groups excluding carboxylic acids is 1. The van der Waals surface area contributed by atoms with E-state index < -0.39 is 37.1 Å². The van der Waals surface area contributed by atoms with Crippen LogP contribution < -0.4 is 11.1 Å². The van der Waals surface area contributed by atoms with Crippen LogP contribution in [0.4, 0.5) is 0 Å². The molecule has 0 spiro atoms. The first-order chi connectivity index (χ1) is 10.3. The molecule has 1 amide bonds. The Balaban J connectivity index is 2.53. The summed E-state index contributed by atoms with van der Waals surface area (Å²) in [5.41, 5.74) is 6.54. The van der Waals surface area contributed by atoms with Gasteiger partial charge in [-0.05, 0) is 32.3 Å². The molecule has 1 aliphatic rings. The predicted octanol–water partition coefficient (Wildman–Crippen LogP) is -0.00570. The second-order valence-electron chi connectivity index (χ2n) is 5.35. The average Bonchev–Trinajstić information content (AvgIpc) is 2.46. The fraction of sp³-hybridized carbons (Fsp3) is 0.571. The Hall–Kier alpha value is -1.64. The third-order valence-electron chi connectivity index (χ3n) is 3.53. The van der Waals surface area contributed by atoms with Gasteiger partial charge in [-0.25, -0.2) is 0 Å². The summed E-state index contributed by atoms with van der Waals surface area (Å²) < 4.78 is 5.21. The highest BCUT2D eigenvalue weighted by Gasteiger charge is 2.37. The van der Waals surface area contributed by atoms with E-state index in [4.69, 9.17) is 15.5 Å². The molecule has 1 rings (SSSR count). The monoisotopic (exact) mass is 310 g/mol. The van der Waals surface area contributed by atoms with Crippen LogP contribution in [0.3, 0.4) is 0 Å². The zero-order chi connectivity index (χ0) is 16.7. The zero-order valence-corrected chi connectivity index (χ0v) is 12.9. The molecular weight excluding hydrogens is 287 g/mol. The standard InChI is InChI=1S/C14H23BN2O5/c1-3-4-5-9(2)13(16)14(20)17-11-7-6-10(8-12(18)19)22-15(11)21/h3-5,10-11,13,21H,6-8,16H2,1-2H3,(H,17,20)(H,18,19)/b4-3-,9-5+/t10-,11-,13+/m0/s1. The first-order valence-electron chi connectivity index (χ1n) is 7.26. The van der Waals surface area contributed by atoms with Gasteiger partial charge in [0.2, 0.25) is 5.91 Å². The van der Waals surface area contributed by atoms with Crippen LogP contribution in [0.1, 0.15) is 33.1 Å². The Morgan fingerprint density at radius 3 is 2.73 bits per heavy atom. The molecule has 22 heavy (non-hydrogen) atoms. The van der Waals surface area contributed by atoms with E-state index in [2.05, 4.69) is 5.32 Å². The van der Waals surface area contributed by atoms with Crippen LogP contribution in [-0.2, 0) is 14.2 Å². The lowest BCUT2D eigenvalue weighted by molar-refractivity contribution is -0.139. The Bertz CT molecular complexity index is 466. The Morgan fingerprint density at radius 1 is 1.50 bits per heavy atom. The molecule has 0 aromatic heterocycles. The molecule has 0 saturated carbocycles. The minimum absolute atomic E-state index is 0.164. The van der Waals surface area contributed by atoms with E-state index >= 15 is 0 Å². The quantitative estimate of drug-likeness (QED) is 0.404. The van der Waals surface area contributed by atoms with Gasteiger partial charge in [-0.3, -0.25) is 9.59 Å². The molecule has 1 fully saturated rings. The molecule has 122 valence electrons. The third-order valence-corrected chi connectivity index (χ3v) is 3.53. The van der Waals surface area contributed by atoms with Crippen molar-refractivity contribution in [2.24, 2.45) is 5.73 Å². The predicted molar refractivity (Wildman–Crippen MR) is 82.8 cm³/mol. The number of rotatable bonds is 6. The van der Waals surface area contributed by atoms with Crippen molar-refractivity contribution in [3.63, 3.8) is 0 Å². The van der Waals surface area contributed by atoms with Gasteiger partial charge in [0.15, 0.2) is 0 Å². The van der Waals surface area contributed by atoms with E-state index in [1.165, 1.54) is 0 Å². The van der Waals surface area contributed by atoms with E-state index in [9.17, 15) is 14.6 Å². The molecule has 5 N–H and O–H groups in total. The molecule has 0 bridgehead atoms. The minimum atomic E-state index is -1.23. The number of nitrogens with one attached hydrogen (secondary N) is 1. The fourth-order valence-electron chi connectivity index (χ4n) is 2.19. The van der Waals surface area contributed by atoms with E-state index in [0.717, 1.165) is 0 Å². The number of amides is 1. The lowest BCUT2D eigenvalue weighted by Gasteiger charge is -2.31. The van der Waals surface area contributed by atoms with Crippen molar-refractivity contribution < 1.29 is 24.4 Å². The van der Waals surface area contributed by atoms with Gasteiger partial charge in [0.1, 0.15) is 6.04 Å². The van der Waals surface area contributed by atoms with Gasteiger partial charge in [0.25, 0.3) is 0 Å². The topological polar surface area (TPSA) is 122 Å². The average molecular weight is 310 g/mol. The lowest BCUT2D eigenvalue weighted by Crippen LogP contribution is -2.56. The smallest absolute Gasteiger partial charge is 0.478 e. The Labute approximate surface area is 130 Å². The molecule has 3 atom stereocenters. The summed E-state index contributed by atoms with van der Waals surface area (Å²) >= 11 is 0. The second kappa shape index (κ2) is 8.72. The normalized spacial score (nSPS) is 24.4. The molecule has 7 nitrogen and oxygen atoms in total. The van der Waals surface area contributed by atoms with Gasteiger partial charge in [-0.15, -0.1) is 0 Å². The van der Waals surface area contributed by atoms with E-state index in [1.807, 2.05) is 13.0 Å². The molecule has 0 unspecified atom stereocenters. The Kier molecular flexibility index (Phi) is 7.30. The summed E-state index contributed by atoms with van der Waals surface area (Å²) in [5, 5.41) is 21.2. The summed E-state index contributed by atoms with van der Waals surface area (Å²) in [6, 6.07) is -0.805. The maximum atomic E-state index is 12.1. The van der Waals surface area contributed by atoms with Crippen molar-refractivity contribution in [3.05, 3.63) is 23.8 Å². The van der Waals surface area contributed by atoms with Crippen LogP contribution in [0.25, 0.3) is 0 Å². The number of hydrogen-bond acceptors (Lipinski definition) is 5. The number of nitrogens with two attached hydrogens (primary N) is 1. The maximum absolute atomic E-state index is 12.1. The van der Waals surface area contributed by atoms with Crippen molar-refractivity contribution in [1.82, 2.24) is 5.32 Å². The molecule has 0 aromatic carbocycles. The molecule has 0 aromatic rings. The van der Waals surface area contributed by atoms with Crippen molar-refractivity contribution in [2.75, 3.05) is 0 Å². The summed E-state index contributed by atoms with van der Waals surface area (Å²) in [7, 11) is -1.23. The zero-order valence-electron chi connectivity index (χ0n) is 12.9. The minimum Gasteiger partial charge on any atom is -0.481 e. The maximum Gasteiger partial charge on any atom is 0.478 e. The highest BCUT2D eigenvalue weighted by atomic mass is 16.5. The number of aliphatic carboxylic acids is 1. The van der Waals surface area contributed by atoms with Crippen LogP contribution in [0.2, 0.25) is 0 Å². The molecule has 0 aliphatic carbocycles. The third kappa shape index (κ3) is 5.63. The van der Waals surface area contributed by atoms with E-state index in [-0.39, 0.29) is 6.42 Å². The molecule has 1 saturated heterocycles. The molecule has 1 aliphatic heterocycles. The van der Waals surface area contributed by atoms with Crippen LogP contribution in [-0.4, -0.2) is 47.2 Å². The molecule has 8 heteroatoms. The number of allylic oxidation sites excluding steroid dienone is 3. The molecular formula is C14H23BN2O5. The summed E-state index contributed by atoms with van der Waals surface area (Å²) in [6.07, 6.45) is 5.56. The van der Waals surface area contributed by atoms with E-state index in [0.29, 0.717) is 18.4 Å². The largest absolute Gasteiger partial charge is 0.481 e. The Morgan fingerprint density at radius 2 is 2.18 bits per heavy atom. The van der Waals surface area contributed by atoms with Crippen LogP contribution in [0.15, 0.2) is 23.8 Å². The number of hydrogen-bond donors (Lipinski definition) is 4. The number of carbonyl (C=O) groups is 2. The van der Waals surface area contributed by atoms with Crippen LogP contribution in [0.5, 0.6) is 0 Å². The van der Waals surface area contributed by atoms with Crippen molar-refractivity contribution in [3.8, 4) is 0 Å². The van der Waals surface area contributed by atoms with Gasteiger partial charge in [-0.1, -0.05) is 18.2 Å². The number of carboxylic acid groups (broad SMARTS) is 1. The van der Waals surface area contributed by atoms with Crippen molar-refractivity contribution >= 4 is 19.0 Å². The fourth-order valence-corrected chi connectivity index (χ4v) is 2.19. The SMILES string of the molecule is C/C=C\C=C(/C)[C@@H](N)C(=O)N[C@H]1CC[C@@H](CC(=O)O)OB1O. The van der Waals surface area contributed by atoms with Crippen LogP contribution in [0, 0.1) is 0 Å².